The molecule has 4 amide bonds. The van der Waals surface area contributed by atoms with Crippen LogP contribution in [0.5, 0.6) is 5.75 Å². The maximum absolute atomic E-state index is 13.6. The molecule has 0 unspecified atom stereocenters. The summed E-state index contributed by atoms with van der Waals surface area (Å²) in [7, 11) is 0. The molecule has 272 valence electrons. The van der Waals surface area contributed by atoms with E-state index >= 15 is 0 Å². The number of esters is 1. The van der Waals surface area contributed by atoms with Gasteiger partial charge >= 0.3 is 12.1 Å². The Bertz CT molecular complexity index is 1630. The number of amides is 4. The zero-order chi connectivity index (χ0) is 37.0. The van der Waals surface area contributed by atoms with E-state index in [0.29, 0.717) is 31.7 Å². The van der Waals surface area contributed by atoms with Crippen molar-refractivity contribution < 1.29 is 38.2 Å². The second-order valence-electron chi connectivity index (χ2n) is 13.6. The molecule has 3 aromatic carbocycles. The van der Waals surface area contributed by atoms with Crippen LogP contribution in [0.25, 0.3) is 0 Å². The lowest BCUT2D eigenvalue weighted by atomic mass is 10.0. The number of hydrogen-bond donors (Lipinski definition) is 3. The molecule has 1 aliphatic heterocycles. The molecule has 1 saturated heterocycles. The number of likely N-dealkylation sites (tertiary alicyclic amines) is 1. The predicted octanol–water partition coefficient (Wildman–Crippen LogP) is 4.45. The van der Waals surface area contributed by atoms with Crippen LogP contribution in [0.2, 0.25) is 0 Å². The van der Waals surface area contributed by atoms with Crippen LogP contribution < -0.4 is 20.7 Å². The number of carbonyl (C=O) groups excluding carboxylic acids is 5. The first-order valence-electron chi connectivity index (χ1n) is 17.2. The third kappa shape index (κ3) is 12.2. The van der Waals surface area contributed by atoms with Crippen molar-refractivity contribution in [2.75, 3.05) is 6.54 Å². The van der Waals surface area contributed by atoms with Gasteiger partial charge in [-0.05, 0) is 76.3 Å². The van der Waals surface area contributed by atoms with Crippen molar-refractivity contribution in [3.05, 3.63) is 102 Å². The average molecular weight is 701 g/mol. The summed E-state index contributed by atoms with van der Waals surface area (Å²) in [6.45, 7) is 9.04. The van der Waals surface area contributed by atoms with Gasteiger partial charge in [-0.3, -0.25) is 19.3 Å². The van der Waals surface area contributed by atoms with E-state index in [1.54, 1.807) is 45.0 Å². The van der Waals surface area contributed by atoms with E-state index in [1.807, 2.05) is 60.7 Å². The van der Waals surface area contributed by atoms with E-state index in [9.17, 15) is 24.0 Å². The van der Waals surface area contributed by atoms with Gasteiger partial charge in [-0.15, -0.1) is 0 Å². The van der Waals surface area contributed by atoms with E-state index in [0.717, 1.165) is 16.7 Å². The Labute approximate surface area is 299 Å². The van der Waals surface area contributed by atoms with Crippen LogP contribution in [0.1, 0.15) is 64.2 Å². The van der Waals surface area contributed by atoms with E-state index < -0.39 is 59.6 Å². The maximum Gasteiger partial charge on any atom is 0.410 e. The normalized spacial score (nSPS) is 15.9. The van der Waals surface area contributed by atoms with Crippen molar-refractivity contribution >= 4 is 29.8 Å². The molecule has 4 rings (SSSR count). The zero-order valence-corrected chi connectivity index (χ0v) is 29.8. The van der Waals surface area contributed by atoms with Crippen LogP contribution in [0.15, 0.2) is 84.9 Å². The van der Waals surface area contributed by atoms with Crippen molar-refractivity contribution in [3.63, 3.8) is 0 Å². The van der Waals surface area contributed by atoms with Crippen LogP contribution >= 0.6 is 0 Å². The highest BCUT2D eigenvalue weighted by Gasteiger charge is 2.38. The topological polar surface area (TPSA) is 152 Å². The Morgan fingerprint density at radius 2 is 1.35 bits per heavy atom. The minimum atomic E-state index is -1.11. The Balaban J connectivity index is 1.40. The van der Waals surface area contributed by atoms with Crippen molar-refractivity contribution in [2.45, 2.75) is 96.9 Å². The molecular weight excluding hydrogens is 652 g/mol. The summed E-state index contributed by atoms with van der Waals surface area (Å²) in [5, 5.41) is 8.07. The van der Waals surface area contributed by atoms with Gasteiger partial charge in [-0.2, -0.15) is 0 Å². The predicted molar refractivity (Wildman–Crippen MR) is 190 cm³/mol. The number of hydrogen-bond acceptors (Lipinski definition) is 8. The Kier molecular flexibility index (Phi) is 13.6. The van der Waals surface area contributed by atoms with Crippen molar-refractivity contribution in [1.29, 1.82) is 0 Å². The van der Waals surface area contributed by atoms with Gasteiger partial charge in [0.1, 0.15) is 48.7 Å². The minimum Gasteiger partial charge on any atom is -0.489 e. The van der Waals surface area contributed by atoms with Crippen LogP contribution in [-0.2, 0) is 48.3 Å². The second-order valence-corrected chi connectivity index (χ2v) is 13.6. The van der Waals surface area contributed by atoms with E-state index in [1.165, 1.54) is 18.7 Å². The SMILES string of the molecule is C[C@@H](NC(=O)[C@@H]1CCCN1C(=O)OC(C)(C)C)C(=O)N[C@@H](Cc1ccc(OCc2ccccc2)cc1)C(=O)N[C@H](C)C(=O)OCc1ccccc1. The molecule has 1 heterocycles. The fourth-order valence-corrected chi connectivity index (χ4v) is 5.38. The smallest absolute Gasteiger partial charge is 0.410 e. The molecule has 0 aromatic heterocycles. The first kappa shape index (κ1) is 38.4. The molecular formula is C39H48N4O8. The Morgan fingerprint density at radius 1 is 0.745 bits per heavy atom. The fraction of sp³-hybridized carbons (Fsp3) is 0.410. The van der Waals surface area contributed by atoms with Gasteiger partial charge in [0.05, 0.1) is 0 Å². The largest absolute Gasteiger partial charge is 0.489 e. The number of nitrogens with one attached hydrogen (secondary N) is 3. The molecule has 3 aromatic rings. The van der Waals surface area contributed by atoms with Gasteiger partial charge in [0.25, 0.3) is 0 Å². The lowest BCUT2D eigenvalue weighted by Gasteiger charge is -2.29. The van der Waals surface area contributed by atoms with Crippen LogP contribution in [0.3, 0.4) is 0 Å². The summed E-state index contributed by atoms with van der Waals surface area (Å²) in [6, 6.07) is 22.1. The molecule has 12 nitrogen and oxygen atoms in total. The van der Waals surface area contributed by atoms with Gasteiger partial charge in [-0.1, -0.05) is 72.8 Å². The monoisotopic (exact) mass is 700 g/mol. The van der Waals surface area contributed by atoms with E-state index in [-0.39, 0.29) is 13.0 Å². The molecule has 1 fully saturated rings. The highest BCUT2D eigenvalue weighted by molar-refractivity contribution is 5.94. The van der Waals surface area contributed by atoms with E-state index in [2.05, 4.69) is 16.0 Å². The van der Waals surface area contributed by atoms with Crippen molar-refractivity contribution in [1.82, 2.24) is 20.9 Å². The van der Waals surface area contributed by atoms with Crippen molar-refractivity contribution in [2.24, 2.45) is 0 Å². The number of rotatable bonds is 14. The van der Waals surface area contributed by atoms with Crippen LogP contribution in [0, 0.1) is 0 Å². The molecule has 4 atom stereocenters. The highest BCUT2D eigenvalue weighted by atomic mass is 16.6. The van der Waals surface area contributed by atoms with Crippen LogP contribution in [0.4, 0.5) is 4.79 Å². The summed E-state index contributed by atoms with van der Waals surface area (Å²) >= 11 is 0. The quantitative estimate of drug-likeness (QED) is 0.209. The first-order valence-corrected chi connectivity index (χ1v) is 17.2. The Morgan fingerprint density at radius 3 is 1.96 bits per heavy atom. The third-order valence-corrected chi connectivity index (χ3v) is 8.12. The van der Waals surface area contributed by atoms with Gasteiger partial charge < -0.3 is 30.2 Å². The summed E-state index contributed by atoms with van der Waals surface area (Å²) in [6.07, 6.45) is 0.524. The summed E-state index contributed by atoms with van der Waals surface area (Å²) in [4.78, 5) is 67.1. The molecule has 0 spiro atoms. The van der Waals surface area contributed by atoms with Crippen LogP contribution in [-0.4, -0.2) is 71.0 Å². The number of nitrogens with zero attached hydrogens (tertiary/aromatic N) is 1. The third-order valence-electron chi connectivity index (χ3n) is 8.12. The fourth-order valence-electron chi connectivity index (χ4n) is 5.38. The summed E-state index contributed by atoms with van der Waals surface area (Å²) in [5.74, 6) is -1.73. The number of ether oxygens (including phenoxy) is 3. The first-order chi connectivity index (χ1) is 24.3. The lowest BCUT2D eigenvalue weighted by molar-refractivity contribution is -0.148. The van der Waals surface area contributed by atoms with Crippen molar-refractivity contribution in [3.8, 4) is 5.75 Å². The molecule has 0 bridgehead atoms. The second kappa shape index (κ2) is 18.0. The summed E-state index contributed by atoms with van der Waals surface area (Å²) in [5.41, 5.74) is 1.81. The number of benzene rings is 3. The molecule has 3 N–H and O–H groups in total. The molecule has 0 radical (unpaired) electrons. The standard InChI is InChI=1S/C39H48N4O8/c1-26(40-36(46)33-17-12-22-43(33)38(48)51-39(3,4)5)34(44)42-32(35(45)41-27(2)37(47)50-25-30-15-10-7-11-16-30)23-28-18-20-31(21-19-28)49-24-29-13-8-6-9-14-29/h6-11,13-16,18-21,26-27,32-33H,12,17,22-25H2,1-5H3,(H,40,46)(H,41,45)(H,42,44)/t26-,27-,32+,33+/m1/s1. The van der Waals surface area contributed by atoms with Gasteiger partial charge in [0.15, 0.2) is 0 Å². The Hall–Kier alpha value is -5.39. The highest BCUT2D eigenvalue weighted by Crippen LogP contribution is 2.21. The maximum atomic E-state index is 13.6. The minimum absolute atomic E-state index is 0.0440. The molecule has 0 saturated carbocycles. The number of carbonyl (C=O) groups is 5. The van der Waals surface area contributed by atoms with Gasteiger partial charge in [-0.25, -0.2) is 9.59 Å². The lowest BCUT2D eigenvalue weighted by Crippen LogP contribution is -2.57. The van der Waals surface area contributed by atoms with E-state index in [4.69, 9.17) is 14.2 Å². The van der Waals surface area contributed by atoms with Gasteiger partial charge in [0.2, 0.25) is 17.7 Å². The summed E-state index contributed by atoms with van der Waals surface area (Å²) < 4.78 is 16.7. The molecule has 0 aliphatic carbocycles. The molecule has 12 heteroatoms. The molecule has 1 aliphatic rings. The average Bonchev–Trinajstić information content (AvgIpc) is 3.61. The zero-order valence-electron chi connectivity index (χ0n) is 29.8. The molecule has 51 heavy (non-hydrogen) atoms. The van der Waals surface area contributed by atoms with Gasteiger partial charge in [0, 0.05) is 13.0 Å².